The molecule has 164 valence electrons. The molecule has 0 saturated carbocycles. The van der Waals surface area contributed by atoms with Gasteiger partial charge in [0.15, 0.2) is 6.29 Å². The Morgan fingerprint density at radius 2 is 1.74 bits per heavy atom. The number of amides is 1. The summed E-state index contributed by atoms with van der Waals surface area (Å²) >= 11 is 0. The number of morpholine rings is 1. The Bertz CT molecular complexity index is 899. The van der Waals surface area contributed by atoms with Crippen LogP contribution >= 0.6 is 0 Å². The van der Waals surface area contributed by atoms with Crippen LogP contribution in [0.15, 0.2) is 54.6 Å². The summed E-state index contributed by atoms with van der Waals surface area (Å²) in [4.78, 5) is 14.7. The molecule has 3 saturated heterocycles. The summed E-state index contributed by atoms with van der Waals surface area (Å²) < 4.78 is 22.5. The van der Waals surface area contributed by atoms with Crippen LogP contribution in [0.5, 0.6) is 0 Å². The van der Waals surface area contributed by atoms with E-state index in [2.05, 4.69) is 0 Å². The smallest absolute Gasteiger partial charge is 0.410 e. The predicted octanol–water partition coefficient (Wildman–Crippen LogP) is 3.12. The van der Waals surface area contributed by atoms with E-state index < -0.39 is 5.60 Å². The highest BCUT2D eigenvalue weighted by Gasteiger charge is 2.49. The molecule has 2 unspecified atom stereocenters. The number of hydrogen-bond acceptors (Lipinski definition) is 6. The quantitative estimate of drug-likeness (QED) is 0.811. The fourth-order valence-electron chi connectivity index (χ4n) is 4.83. The zero-order valence-electron chi connectivity index (χ0n) is 17.3. The van der Waals surface area contributed by atoms with Gasteiger partial charge in [-0.2, -0.15) is 0 Å². The van der Waals surface area contributed by atoms with Crippen LogP contribution < -0.4 is 0 Å². The van der Waals surface area contributed by atoms with Crippen LogP contribution in [0.3, 0.4) is 0 Å². The monoisotopic (exact) mass is 425 g/mol. The average Bonchev–Trinajstić information content (AvgIpc) is 3.33. The topological polar surface area (TPSA) is 77.5 Å². The van der Waals surface area contributed by atoms with Gasteiger partial charge in [-0.15, -0.1) is 0 Å². The first-order valence-electron chi connectivity index (χ1n) is 10.8. The number of carbonyl (C=O) groups excluding carboxylic acids is 1. The van der Waals surface area contributed by atoms with E-state index in [9.17, 15) is 9.90 Å². The zero-order chi connectivity index (χ0) is 21.3. The Morgan fingerprint density at radius 3 is 2.45 bits per heavy atom. The molecule has 2 aromatic carbocycles. The first kappa shape index (κ1) is 20.5. The largest absolute Gasteiger partial charge is 0.445 e. The standard InChI is InChI=1S/C24H27NO6/c26-23(31-14-17-5-2-1-3-6-17)25-20-12-24(27,13-21(25)16-28-15-20)19-8-4-7-18(11-19)22-29-9-10-30-22/h1-8,11,20-22,27H,9-10,12-16H2. The first-order chi connectivity index (χ1) is 15.1. The van der Waals surface area contributed by atoms with Crippen molar-refractivity contribution in [3.63, 3.8) is 0 Å². The second kappa shape index (κ2) is 8.59. The molecule has 7 heteroatoms. The summed E-state index contributed by atoms with van der Waals surface area (Å²) in [7, 11) is 0. The fourth-order valence-corrected chi connectivity index (χ4v) is 4.83. The molecule has 0 aliphatic carbocycles. The van der Waals surface area contributed by atoms with Crippen molar-refractivity contribution in [1.29, 1.82) is 0 Å². The van der Waals surface area contributed by atoms with Crippen molar-refractivity contribution in [3.8, 4) is 0 Å². The number of hydrogen-bond donors (Lipinski definition) is 1. The highest BCUT2D eigenvalue weighted by Crippen LogP contribution is 2.42. The van der Waals surface area contributed by atoms with Crippen LogP contribution in [0.4, 0.5) is 4.79 Å². The summed E-state index contributed by atoms with van der Waals surface area (Å²) in [6.07, 6.45) is 0.0321. The molecule has 1 N–H and O–H groups in total. The molecular formula is C24H27NO6. The lowest BCUT2D eigenvalue weighted by Gasteiger charge is -2.51. The van der Waals surface area contributed by atoms with Crippen molar-refractivity contribution in [2.45, 2.75) is 43.4 Å². The molecule has 31 heavy (non-hydrogen) atoms. The van der Waals surface area contributed by atoms with Crippen LogP contribution in [-0.2, 0) is 31.2 Å². The Morgan fingerprint density at radius 1 is 1.03 bits per heavy atom. The van der Waals surface area contributed by atoms with Gasteiger partial charge in [0.2, 0.25) is 0 Å². The third-order valence-electron chi connectivity index (χ3n) is 6.29. The molecular weight excluding hydrogens is 398 g/mol. The first-order valence-corrected chi connectivity index (χ1v) is 10.8. The molecule has 3 heterocycles. The zero-order valence-corrected chi connectivity index (χ0v) is 17.3. The van der Waals surface area contributed by atoms with Crippen molar-refractivity contribution >= 4 is 6.09 Å². The maximum atomic E-state index is 12.9. The summed E-state index contributed by atoms with van der Waals surface area (Å²) in [5.41, 5.74) is 1.61. The molecule has 3 fully saturated rings. The van der Waals surface area contributed by atoms with E-state index in [4.69, 9.17) is 18.9 Å². The SMILES string of the molecule is O=C(OCc1ccccc1)N1C2COCC1CC(O)(c1cccc(C3OCCO3)c1)C2. The summed E-state index contributed by atoms with van der Waals surface area (Å²) in [5, 5.41) is 11.6. The normalized spacial score (nSPS) is 28.5. The molecule has 1 amide bonds. The minimum atomic E-state index is -1.05. The number of ether oxygens (including phenoxy) is 4. The Kier molecular flexibility index (Phi) is 5.67. The molecule has 2 atom stereocenters. The molecule has 3 aliphatic heterocycles. The predicted molar refractivity (Wildman–Crippen MR) is 111 cm³/mol. The molecule has 0 aromatic heterocycles. The molecule has 2 aromatic rings. The van der Waals surface area contributed by atoms with Gasteiger partial charge in [0.05, 0.1) is 44.1 Å². The van der Waals surface area contributed by atoms with Crippen molar-refractivity contribution in [2.24, 2.45) is 0 Å². The Labute approximate surface area is 181 Å². The van der Waals surface area contributed by atoms with E-state index >= 15 is 0 Å². The second-order valence-electron chi connectivity index (χ2n) is 8.43. The molecule has 0 radical (unpaired) electrons. The van der Waals surface area contributed by atoms with E-state index in [0.717, 1.165) is 16.7 Å². The third-order valence-corrected chi connectivity index (χ3v) is 6.29. The van der Waals surface area contributed by atoms with Crippen LogP contribution in [0.2, 0.25) is 0 Å². The van der Waals surface area contributed by atoms with E-state index in [1.165, 1.54) is 0 Å². The number of carbonyl (C=O) groups is 1. The van der Waals surface area contributed by atoms with Gasteiger partial charge >= 0.3 is 6.09 Å². The van der Waals surface area contributed by atoms with Gasteiger partial charge in [0.1, 0.15) is 6.61 Å². The maximum absolute atomic E-state index is 12.9. The van der Waals surface area contributed by atoms with Gasteiger partial charge in [-0.25, -0.2) is 4.79 Å². The van der Waals surface area contributed by atoms with Gasteiger partial charge < -0.3 is 24.1 Å². The van der Waals surface area contributed by atoms with E-state index in [0.29, 0.717) is 39.3 Å². The number of nitrogens with zero attached hydrogens (tertiary/aromatic N) is 1. The van der Waals surface area contributed by atoms with Gasteiger partial charge in [-0.1, -0.05) is 48.5 Å². The van der Waals surface area contributed by atoms with E-state index in [1.54, 1.807) is 4.90 Å². The molecule has 2 bridgehead atoms. The molecule has 3 aliphatic rings. The van der Waals surface area contributed by atoms with Gasteiger partial charge in [0.25, 0.3) is 0 Å². The number of aliphatic hydroxyl groups is 1. The minimum absolute atomic E-state index is 0.226. The second-order valence-corrected chi connectivity index (χ2v) is 8.43. The van der Waals surface area contributed by atoms with Crippen molar-refractivity contribution < 1.29 is 28.8 Å². The van der Waals surface area contributed by atoms with Gasteiger partial charge in [-0.05, 0) is 17.2 Å². The number of piperidine rings is 1. The highest BCUT2D eigenvalue weighted by molar-refractivity contribution is 5.69. The number of benzene rings is 2. The number of fused-ring (bicyclic) bond motifs is 2. The van der Waals surface area contributed by atoms with Crippen molar-refractivity contribution in [3.05, 3.63) is 71.3 Å². The summed E-state index contributed by atoms with van der Waals surface area (Å²) in [6, 6.07) is 16.9. The fraction of sp³-hybridized carbons (Fsp3) is 0.458. The molecule has 5 rings (SSSR count). The lowest BCUT2D eigenvalue weighted by atomic mass is 9.76. The van der Waals surface area contributed by atoms with E-state index in [1.807, 2.05) is 54.6 Å². The van der Waals surface area contributed by atoms with Crippen LogP contribution in [-0.4, -0.2) is 54.6 Å². The summed E-state index contributed by atoms with van der Waals surface area (Å²) in [6.45, 7) is 2.13. The number of rotatable bonds is 4. The van der Waals surface area contributed by atoms with E-state index in [-0.39, 0.29) is 31.1 Å². The Balaban J connectivity index is 1.31. The summed E-state index contributed by atoms with van der Waals surface area (Å²) in [5.74, 6) is 0. The van der Waals surface area contributed by atoms with Crippen LogP contribution in [0.1, 0.15) is 35.8 Å². The minimum Gasteiger partial charge on any atom is -0.445 e. The highest BCUT2D eigenvalue weighted by atomic mass is 16.7. The Hall–Kier alpha value is -2.45. The van der Waals surface area contributed by atoms with Gasteiger partial charge in [0, 0.05) is 18.4 Å². The lowest BCUT2D eigenvalue weighted by molar-refractivity contribution is -0.137. The lowest BCUT2D eigenvalue weighted by Crippen LogP contribution is -2.62. The van der Waals surface area contributed by atoms with Crippen molar-refractivity contribution in [1.82, 2.24) is 4.90 Å². The molecule has 0 spiro atoms. The average molecular weight is 425 g/mol. The van der Waals surface area contributed by atoms with Crippen LogP contribution in [0, 0.1) is 0 Å². The molecule has 7 nitrogen and oxygen atoms in total. The van der Waals surface area contributed by atoms with Gasteiger partial charge in [-0.3, -0.25) is 4.90 Å². The van der Waals surface area contributed by atoms with Crippen molar-refractivity contribution in [2.75, 3.05) is 26.4 Å². The third kappa shape index (κ3) is 4.19. The maximum Gasteiger partial charge on any atom is 0.410 e. The van der Waals surface area contributed by atoms with Crippen LogP contribution in [0.25, 0.3) is 0 Å².